The number of nitrogens with one attached hydrogen (secondary N) is 2. The van der Waals surface area contributed by atoms with Gasteiger partial charge in [-0.15, -0.1) is 0 Å². The fourth-order valence-electron chi connectivity index (χ4n) is 2.44. The predicted molar refractivity (Wildman–Crippen MR) is 90.6 cm³/mol. The van der Waals surface area contributed by atoms with E-state index in [-0.39, 0.29) is 11.7 Å². The molecule has 1 heterocycles. The van der Waals surface area contributed by atoms with Crippen LogP contribution in [-0.4, -0.2) is 16.1 Å². The molecule has 0 unspecified atom stereocenters. The number of carbonyl (C=O) groups is 1. The first-order valence-electron chi connectivity index (χ1n) is 7.81. The van der Waals surface area contributed by atoms with Crippen molar-refractivity contribution >= 4 is 5.91 Å². The summed E-state index contributed by atoms with van der Waals surface area (Å²) in [5.41, 5.74) is 3.53. The van der Waals surface area contributed by atoms with E-state index in [4.69, 9.17) is 0 Å². The molecule has 0 saturated carbocycles. The van der Waals surface area contributed by atoms with Crippen molar-refractivity contribution in [2.45, 2.75) is 19.4 Å². The fraction of sp³-hybridized carbons (Fsp3) is 0.158. The SMILES string of the molecule is O=C(CCc1cccc(F)c1)NCc1cc(-c2ccccc2)n[nH]1. The van der Waals surface area contributed by atoms with Crippen LogP contribution in [0.3, 0.4) is 0 Å². The van der Waals surface area contributed by atoms with Gasteiger partial charge in [0.1, 0.15) is 5.82 Å². The minimum absolute atomic E-state index is 0.0740. The Morgan fingerprint density at radius 2 is 1.92 bits per heavy atom. The molecule has 5 heteroatoms. The topological polar surface area (TPSA) is 57.8 Å². The summed E-state index contributed by atoms with van der Waals surface area (Å²) in [7, 11) is 0. The average Bonchev–Trinajstić information content (AvgIpc) is 3.08. The molecule has 0 spiro atoms. The molecular weight excluding hydrogens is 305 g/mol. The molecule has 3 rings (SSSR count). The lowest BCUT2D eigenvalue weighted by Gasteiger charge is -2.04. The van der Waals surface area contributed by atoms with Crippen molar-refractivity contribution < 1.29 is 9.18 Å². The van der Waals surface area contributed by atoms with E-state index >= 15 is 0 Å². The van der Waals surface area contributed by atoms with E-state index < -0.39 is 0 Å². The van der Waals surface area contributed by atoms with Gasteiger partial charge in [-0.1, -0.05) is 42.5 Å². The Bertz CT molecular complexity index is 814. The van der Waals surface area contributed by atoms with Crippen LogP contribution in [0.5, 0.6) is 0 Å². The zero-order valence-corrected chi connectivity index (χ0v) is 13.1. The summed E-state index contributed by atoms with van der Waals surface area (Å²) < 4.78 is 13.1. The maximum absolute atomic E-state index is 13.1. The third kappa shape index (κ3) is 4.29. The van der Waals surface area contributed by atoms with Crippen LogP contribution >= 0.6 is 0 Å². The third-order valence-corrected chi connectivity index (χ3v) is 3.71. The number of hydrogen-bond donors (Lipinski definition) is 2. The number of aryl methyl sites for hydroxylation is 1. The van der Waals surface area contributed by atoms with E-state index in [1.165, 1.54) is 12.1 Å². The zero-order valence-electron chi connectivity index (χ0n) is 13.1. The second-order valence-corrected chi connectivity index (χ2v) is 5.55. The van der Waals surface area contributed by atoms with Gasteiger partial charge in [-0.05, 0) is 30.2 Å². The molecule has 1 amide bonds. The lowest BCUT2D eigenvalue weighted by molar-refractivity contribution is -0.121. The van der Waals surface area contributed by atoms with Crippen molar-refractivity contribution in [3.8, 4) is 11.3 Å². The summed E-state index contributed by atoms with van der Waals surface area (Å²) in [6, 6.07) is 18.1. The highest BCUT2D eigenvalue weighted by molar-refractivity contribution is 5.76. The maximum atomic E-state index is 13.1. The molecule has 122 valence electrons. The number of hydrogen-bond acceptors (Lipinski definition) is 2. The lowest BCUT2D eigenvalue weighted by atomic mass is 10.1. The molecular formula is C19H18FN3O. The van der Waals surface area contributed by atoms with Crippen molar-refractivity contribution in [1.29, 1.82) is 0 Å². The largest absolute Gasteiger partial charge is 0.350 e. The highest BCUT2D eigenvalue weighted by Gasteiger charge is 2.06. The van der Waals surface area contributed by atoms with Crippen LogP contribution in [-0.2, 0) is 17.8 Å². The van der Waals surface area contributed by atoms with Crippen LogP contribution in [0.1, 0.15) is 17.7 Å². The molecule has 24 heavy (non-hydrogen) atoms. The van der Waals surface area contributed by atoms with Gasteiger partial charge in [-0.2, -0.15) is 5.10 Å². The number of halogens is 1. The van der Waals surface area contributed by atoms with E-state index in [2.05, 4.69) is 15.5 Å². The van der Waals surface area contributed by atoms with Gasteiger partial charge in [0.25, 0.3) is 0 Å². The van der Waals surface area contributed by atoms with Gasteiger partial charge < -0.3 is 5.32 Å². The molecule has 3 aromatic rings. The van der Waals surface area contributed by atoms with Gasteiger partial charge in [0.05, 0.1) is 17.9 Å². The van der Waals surface area contributed by atoms with E-state index in [9.17, 15) is 9.18 Å². The van der Waals surface area contributed by atoms with Crippen molar-refractivity contribution in [1.82, 2.24) is 15.5 Å². The maximum Gasteiger partial charge on any atom is 0.220 e. The Hall–Kier alpha value is -2.95. The van der Waals surface area contributed by atoms with E-state index in [0.29, 0.717) is 19.4 Å². The Kier molecular flexibility index (Phi) is 5.01. The Morgan fingerprint density at radius 3 is 2.71 bits per heavy atom. The molecule has 0 aliphatic carbocycles. The van der Waals surface area contributed by atoms with Crippen molar-refractivity contribution in [3.63, 3.8) is 0 Å². The summed E-state index contributed by atoms with van der Waals surface area (Å²) in [4.78, 5) is 11.9. The number of aromatic amines is 1. The minimum atomic E-state index is -0.279. The first-order valence-corrected chi connectivity index (χ1v) is 7.81. The normalized spacial score (nSPS) is 10.5. The number of nitrogens with zero attached hydrogens (tertiary/aromatic N) is 1. The third-order valence-electron chi connectivity index (χ3n) is 3.71. The van der Waals surface area contributed by atoms with Crippen LogP contribution in [0.2, 0.25) is 0 Å². The highest BCUT2D eigenvalue weighted by atomic mass is 19.1. The smallest absolute Gasteiger partial charge is 0.220 e. The fourth-order valence-corrected chi connectivity index (χ4v) is 2.44. The number of carbonyl (C=O) groups excluding carboxylic acids is 1. The molecule has 1 aromatic heterocycles. The first kappa shape index (κ1) is 15.9. The standard InChI is InChI=1S/C19H18FN3O/c20-16-8-4-5-14(11-16)9-10-19(24)21-13-17-12-18(23-22-17)15-6-2-1-3-7-15/h1-8,11-12H,9-10,13H2,(H,21,24)(H,22,23). The highest BCUT2D eigenvalue weighted by Crippen LogP contribution is 2.16. The molecule has 0 aliphatic heterocycles. The second kappa shape index (κ2) is 7.55. The first-order chi connectivity index (χ1) is 11.7. The van der Waals surface area contributed by atoms with Crippen molar-refractivity contribution in [3.05, 3.63) is 77.7 Å². The number of aromatic nitrogens is 2. The quantitative estimate of drug-likeness (QED) is 0.730. The van der Waals surface area contributed by atoms with Gasteiger partial charge in [0, 0.05) is 12.0 Å². The molecule has 0 aliphatic rings. The molecule has 0 fully saturated rings. The molecule has 0 saturated heterocycles. The van der Waals surface area contributed by atoms with Crippen LogP contribution in [0, 0.1) is 5.82 Å². The summed E-state index contributed by atoms with van der Waals surface area (Å²) in [6.07, 6.45) is 0.838. The van der Waals surface area contributed by atoms with Gasteiger partial charge in [-0.25, -0.2) is 4.39 Å². The molecule has 0 bridgehead atoms. The van der Waals surface area contributed by atoms with Crippen LogP contribution in [0.4, 0.5) is 4.39 Å². The van der Waals surface area contributed by atoms with Gasteiger partial charge >= 0.3 is 0 Å². The average molecular weight is 323 g/mol. The Balaban J connectivity index is 1.49. The van der Waals surface area contributed by atoms with E-state index in [0.717, 1.165) is 22.5 Å². The molecule has 2 aromatic carbocycles. The minimum Gasteiger partial charge on any atom is -0.350 e. The van der Waals surface area contributed by atoms with E-state index in [1.807, 2.05) is 42.5 Å². The Labute approximate surface area is 139 Å². The molecule has 0 radical (unpaired) electrons. The Morgan fingerprint density at radius 1 is 1.08 bits per heavy atom. The van der Waals surface area contributed by atoms with Gasteiger partial charge in [0.2, 0.25) is 5.91 Å². The lowest BCUT2D eigenvalue weighted by Crippen LogP contribution is -2.23. The number of H-pyrrole nitrogens is 1. The van der Waals surface area contributed by atoms with Gasteiger partial charge in [0.15, 0.2) is 0 Å². The van der Waals surface area contributed by atoms with Crippen LogP contribution in [0.25, 0.3) is 11.3 Å². The van der Waals surface area contributed by atoms with Crippen LogP contribution in [0.15, 0.2) is 60.7 Å². The number of rotatable bonds is 6. The number of amides is 1. The summed E-state index contributed by atoms with van der Waals surface area (Å²) in [5.74, 6) is -0.353. The second-order valence-electron chi connectivity index (χ2n) is 5.55. The molecule has 2 N–H and O–H groups in total. The summed E-state index contributed by atoms with van der Waals surface area (Å²) in [5, 5.41) is 10.0. The molecule has 0 atom stereocenters. The van der Waals surface area contributed by atoms with Gasteiger partial charge in [-0.3, -0.25) is 9.89 Å². The summed E-state index contributed by atoms with van der Waals surface area (Å²) >= 11 is 0. The zero-order chi connectivity index (χ0) is 16.8. The van der Waals surface area contributed by atoms with Crippen LogP contribution < -0.4 is 5.32 Å². The van der Waals surface area contributed by atoms with Crippen molar-refractivity contribution in [2.24, 2.45) is 0 Å². The monoisotopic (exact) mass is 323 g/mol. The summed E-state index contributed by atoms with van der Waals surface area (Å²) in [6.45, 7) is 0.391. The van der Waals surface area contributed by atoms with E-state index in [1.54, 1.807) is 6.07 Å². The van der Waals surface area contributed by atoms with Crippen molar-refractivity contribution in [2.75, 3.05) is 0 Å². The number of benzene rings is 2. The predicted octanol–water partition coefficient (Wildman–Crippen LogP) is 3.46. The molecule has 4 nitrogen and oxygen atoms in total.